The van der Waals surface area contributed by atoms with Crippen LogP contribution in [0.15, 0.2) is 53.4 Å². The smallest absolute Gasteiger partial charge is 0.244 e. The van der Waals surface area contributed by atoms with Crippen LogP contribution in [0.4, 0.5) is 5.13 Å². The highest BCUT2D eigenvalue weighted by Crippen LogP contribution is 2.31. The van der Waals surface area contributed by atoms with Gasteiger partial charge in [-0.1, -0.05) is 62.4 Å². The molecule has 3 rings (SSSR count). The molecule has 0 bridgehead atoms. The van der Waals surface area contributed by atoms with Crippen molar-refractivity contribution in [2.24, 2.45) is 0 Å². The standard InChI is InChI=1S/C23H29N3O3S2/c1-4-18-11-10-14-20-22(18)24-23(30-20)26(16-15-25(5-2)6-3)21(27)17-31(28,29)19-12-8-7-9-13-19/h7-14H,4-6,15-17H2,1-3H3. The molecule has 0 fully saturated rings. The predicted octanol–water partition coefficient (Wildman–Crippen LogP) is 4.01. The van der Waals surface area contributed by atoms with Crippen molar-refractivity contribution < 1.29 is 13.2 Å². The van der Waals surface area contributed by atoms with E-state index in [1.807, 2.05) is 18.2 Å². The summed E-state index contributed by atoms with van der Waals surface area (Å²) < 4.78 is 26.7. The summed E-state index contributed by atoms with van der Waals surface area (Å²) >= 11 is 1.43. The van der Waals surface area contributed by atoms with Gasteiger partial charge in [-0.05, 0) is 43.3 Å². The predicted molar refractivity (Wildman–Crippen MR) is 128 cm³/mol. The number of fused-ring (bicyclic) bond motifs is 1. The number of likely N-dealkylation sites (N-methyl/N-ethyl adjacent to an activating group) is 1. The van der Waals surface area contributed by atoms with Crippen LogP contribution in [0.25, 0.3) is 10.2 Å². The Morgan fingerprint density at radius 1 is 0.968 bits per heavy atom. The molecule has 1 heterocycles. The average molecular weight is 460 g/mol. The largest absolute Gasteiger partial charge is 0.302 e. The number of aryl methyl sites for hydroxylation is 1. The summed E-state index contributed by atoms with van der Waals surface area (Å²) in [5, 5.41) is 0.552. The number of hydrogen-bond donors (Lipinski definition) is 0. The van der Waals surface area contributed by atoms with Crippen molar-refractivity contribution >= 4 is 42.4 Å². The number of anilines is 1. The molecule has 0 saturated carbocycles. The molecule has 1 amide bonds. The minimum atomic E-state index is -3.73. The van der Waals surface area contributed by atoms with Gasteiger partial charge in [0.25, 0.3) is 0 Å². The number of carbonyl (C=O) groups excluding carboxylic acids is 1. The maximum absolute atomic E-state index is 13.2. The lowest BCUT2D eigenvalue weighted by Crippen LogP contribution is -2.41. The lowest BCUT2D eigenvalue weighted by Gasteiger charge is -2.24. The van der Waals surface area contributed by atoms with Gasteiger partial charge in [-0.2, -0.15) is 0 Å². The highest BCUT2D eigenvalue weighted by Gasteiger charge is 2.27. The number of amides is 1. The molecule has 0 aliphatic rings. The lowest BCUT2D eigenvalue weighted by molar-refractivity contribution is -0.116. The van der Waals surface area contributed by atoms with Crippen LogP contribution in [0.1, 0.15) is 26.3 Å². The average Bonchev–Trinajstić information content (AvgIpc) is 3.21. The maximum atomic E-state index is 13.2. The number of aromatic nitrogens is 1. The molecule has 6 nitrogen and oxygen atoms in total. The first-order valence-electron chi connectivity index (χ1n) is 10.6. The van der Waals surface area contributed by atoms with Crippen molar-refractivity contribution in [1.29, 1.82) is 0 Å². The van der Waals surface area contributed by atoms with Crippen molar-refractivity contribution in [3.8, 4) is 0 Å². The second kappa shape index (κ2) is 10.3. The van der Waals surface area contributed by atoms with Crippen molar-refractivity contribution in [2.75, 3.05) is 36.8 Å². The van der Waals surface area contributed by atoms with Crippen molar-refractivity contribution in [3.63, 3.8) is 0 Å². The summed E-state index contributed by atoms with van der Waals surface area (Å²) in [5.74, 6) is -1.03. The number of hydrogen-bond acceptors (Lipinski definition) is 6. The fourth-order valence-electron chi connectivity index (χ4n) is 3.45. The van der Waals surface area contributed by atoms with E-state index in [2.05, 4.69) is 25.7 Å². The molecular formula is C23H29N3O3S2. The highest BCUT2D eigenvalue weighted by molar-refractivity contribution is 7.92. The Morgan fingerprint density at radius 3 is 2.32 bits per heavy atom. The minimum absolute atomic E-state index is 0.157. The molecule has 0 radical (unpaired) electrons. The molecule has 0 saturated heterocycles. The van der Waals surface area contributed by atoms with Gasteiger partial charge in [0.05, 0.1) is 15.1 Å². The van der Waals surface area contributed by atoms with Gasteiger partial charge in [-0.3, -0.25) is 9.69 Å². The molecule has 1 aromatic heterocycles. The third-order valence-electron chi connectivity index (χ3n) is 5.35. The van der Waals surface area contributed by atoms with Crippen molar-refractivity contribution in [1.82, 2.24) is 9.88 Å². The van der Waals surface area contributed by atoms with Gasteiger partial charge in [0.1, 0.15) is 5.75 Å². The Labute approximate surface area is 188 Å². The third kappa shape index (κ3) is 5.50. The maximum Gasteiger partial charge on any atom is 0.244 e. The summed E-state index contributed by atoms with van der Waals surface area (Å²) in [6.45, 7) is 8.99. The number of para-hydroxylation sites is 1. The van der Waals surface area contributed by atoms with Crippen molar-refractivity contribution in [2.45, 2.75) is 32.1 Å². The Kier molecular flexibility index (Phi) is 7.80. The number of sulfone groups is 1. The zero-order valence-corrected chi connectivity index (χ0v) is 19.9. The van der Waals surface area contributed by atoms with Crippen LogP contribution < -0.4 is 4.90 Å². The second-order valence-electron chi connectivity index (χ2n) is 7.26. The third-order valence-corrected chi connectivity index (χ3v) is 8.02. The van der Waals surface area contributed by atoms with Crippen LogP contribution in [-0.4, -0.2) is 56.1 Å². The second-order valence-corrected chi connectivity index (χ2v) is 10.3. The van der Waals surface area contributed by atoms with E-state index >= 15 is 0 Å². The zero-order chi connectivity index (χ0) is 22.4. The zero-order valence-electron chi connectivity index (χ0n) is 18.2. The number of carbonyl (C=O) groups is 1. The van der Waals surface area contributed by atoms with E-state index < -0.39 is 21.5 Å². The fourth-order valence-corrected chi connectivity index (χ4v) is 5.73. The first-order chi connectivity index (χ1) is 14.9. The molecule has 8 heteroatoms. The Balaban J connectivity index is 1.93. The first-order valence-corrected chi connectivity index (χ1v) is 13.0. The molecule has 0 N–H and O–H groups in total. The molecule has 2 aromatic carbocycles. The molecule has 166 valence electrons. The van der Waals surface area contributed by atoms with Crippen LogP contribution in [0.3, 0.4) is 0 Å². The van der Waals surface area contributed by atoms with Crippen LogP contribution >= 0.6 is 11.3 Å². The summed E-state index contributed by atoms with van der Waals surface area (Å²) in [6, 6.07) is 14.1. The molecule has 0 aliphatic heterocycles. The monoisotopic (exact) mass is 459 g/mol. The number of rotatable bonds is 10. The molecule has 0 spiro atoms. The van der Waals surface area contributed by atoms with E-state index in [-0.39, 0.29) is 4.90 Å². The summed E-state index contributed by atoms with van der Waals surface area (Å²) in [5.41, 5.74) is 2.00. The van der Waals surface area contributed by atoms with E-state index in [4.69, 9.17) is 4.98 Å². The number of benzene rings is 2. The topological polar surface area (TPSA) is 70.6 Å². The summed E-state index contributed by atoms with van der Waals surface area (Å²) in [6.07, 6.45) is 0.844. The van der Waals surface area contributed by atoms with Crippen LogP contribution in [0.5, 0.6) is 0 Å². The van der Waals surface area contributed by atoms with Crippen LogP contribution in [0, 0.1) is 0 Å². The minimum Gasteiger partial charge on any atom is -0.302 e. The van der Waals surface area contributed by atoms with Gasteiger partial charge in [0.15, 0.2) is 15.0 Å². The van der Waals surface area contributed by atoms with Gasteiger partial charge in [-0.25, -0.2) is 13.4 Å². The van der Waals surface area contributed by atoms with Gasteiger partial charge in [-0.15, -0.1) is 0 Å². The van der Waals surface area contributed by atoms with E-state index in [0.29, 0.717) is 18.2 Å². The van der Waals surface area contributed by atoms with E-state index in [1.165, 1.54) is 23.5 Å². The van der Waals surface area contributed by atoms with Gasteiger partial charge >= 0.3 is 0 Å². The van der Waals surface area contributed by atoms with Gasteiger partial charge < -0.3 is 4.90 Å². The molecule has 31 heavy (non-hydrogen) atoms. The lowest BCUT2D eigenvalue weighted by atomic mass is 10.1. The van der Waals surface area contributed by atoms with Gasteiger partial charge in [0.2, 0.25) is 5.91 Å². The molecule has 0 aliphatic carbocycles. The van der Waals surface area contributed by atoms with E-state index in [1.54, 1.807) is 23.1 Å². The molecular weight excluding hydrogens is 430 g/mol. The fraction of sp³-hybridized carbons (Fsp3) is 0.391. The normalized spacial score (nSPS) is 11.9. The van der Waals surface area contributed by atoms with E-state index in [9.17, 15) is 13.2 Å². The number of thiazole rings is 1. The summed E-state index contributed by atoms with van der Waals surface area (Å²) in [7, 11) is -3.73. The Hall–Kier alpha value is -2.29. The molecule has 3 aromatic rings. The van der Waals surface area contributed by atoms with Crippen molar-refractivity contribution in [3.05, 3.63) is 54.1 Å². The first kappa shape index (κ1) is 23.4. The quantitative estimate of drug-likeness (QED) is 0.458. The highest BCUT2D eigenvalue weighted by atomic mass is 32.2. The summed E-state index contributed by atoms with van der Waals surface area (Å²) in [4.78, 5) is 21.9. The molecule has 0 unspecified atom stereocenters. The molecule has 0 atom stereocenters. The number of nitrogens with zero attached hydrogens (tertiary/aromatic N) is 3. The van der Waals surface area contributed by atoms with Crippen LogP contribution in [0.2, 0.25) is 0 Å². The Bertz CT molecular complexity index is 1120. The van der Waals surface area contributed by atoms with Gasteiger partial charge in [0, 0.05) is 13.1 Å². The van der Waals surface area contributed by atoms with Crippen LogP contribution in [-0.2, 0) is 21.1 Å². The van der Waals surface area contributed by atoms with E-state index in [0.717, 1.165) is 35.3 Å². The SMILES string of the molecule is CCc1cccc2sc(N(CCN(CC)CC)C(=O)CS(=O)(=O)c3ccccc3)nc12. The Morgan fingerprint density at radius 2 is 1.68 bits per heavy atom.